The molecule has 3 aliphatic heterocycles. The zero-order valence-electron chi connectivity index (χ0n) is 16.6. The summed E-state index contributed by atoms with van der Waals surface area (Å²) in [7, 11) is -6.61. The van der Waals surface area contributed by atoms with Gasteiger partial charge in [-0.25, -0.2) is 13.2 Å². The first kappa shape index (κ1) is 26.5. The summed E-state index contributed by atoms with van der Waals surface area (Å²) in [5.74, 6) is -8.46. The van der Waals surface area contributed by atoms with Crippen molar-refractivity contribution in [2.24, 2.45) is 5.92 Å². The summed E-state index contributed by atoms with van der Waals surface area (Å²) < 4.78 is 103. The fraction of sp³-hybridized carbons (Fsp3) is 0.556. The van der Waals surface area contributed by atoms with Crippen LogP contribution in [0.5, 0.6) is 5.75 Å². The van der Waals surface area contributed by atoms with Crippen molar-refractivity contribution in [2.75, 3.05) is 6.61 Å². The molecule has 16 heteroatoms. The van der Waals surface area contributed by atoms with Crippen LogP contribution in [0.15, 0.2) is 12.1 Å². The van der Waals surface area contributed by atoms with Gasteiger partial charge in [0, 0.05) is 18.8 Å². The van der Waals surface area contributed by atoms with Crippen LogP contribution in [0.25, 0.3) is 0 Å². The quantitative estimate of drug-likeness (QED) is 0.186. The molecule has 2 bridgehead atoms. The van der Waals surface area contributed by atoms with Crippen LogP contribution in [0.1, 0.15) is 29.6 Å². The molecule has 0 amide bonds. The molecule has 1 aromatic rings. The Morgan fingerprint density at radius 1 is 1.26 bits per heavy atom. The molecule has 1 aromatic carbocycles. The fourth-order valence-electron chi connectivity index (χ4n) is 4.03. The monoisotopic (exact) mass is 751 g/mol. The molecule has 0 aromatic heterocycles. The lowest BCUT2D eigenvalue weighted by molar-refractivity contribution is -0.180. The van der Waals surface area contributed by atoms with E-state index in [4.69, 9.17) is 14.2 Å². The second-order valence-electron chi connectivity index (χ2n) is 7.84. The topological polar surface area (TPSA) is 119 Å². The lowest BCUT2D eigenvalue weighted by Gasteiger charge is -2.40. The van der Waals surface area contributed by atoms with Gasteiger partial charge in [0.2, 0.25) is 0 Å². The van der Waals surface area contributed by atoms with Crippen LogP contribution >= 0.6 is 56.9 Å². The Hall–Kier alpha value is -0.600. The highest BCUT2D eigenvalue weighted by Gasteiger charge is 2.64. The second kappa shape index (κ2) is 8.76. The van der Waals surface area contributed by atoms with Crippen molar-refractivity contribution in [1.29, 1.82) is 0 Å². The molecule has 3 heterocycles. The molecule has 2 fully saturated rings. The van der Waals surface area contributed by atoms with Gasteiger partial charge in [0.25, 0.3) is 5.79 Å². The van der Waals surface area contributed by atoms with E-state index in [-0.39, 0.29) is 12.8 Å². The lowest BCUT2D eigenvalue weighted by Crippen LogP contribution is -2.53. The number of hydrogen-bond donors (Lipinski definition) is 0. The lowest BCUT2D eigenvalue weighted by atomic mass is 9.84. The Kier molecular flexibility index (Phi) is 6.82. The van der Waals surface area contributed by atoms with Gasteiger partial charge >= 0.3 is 23.1 Å². The van der Waals surface area contributed by atoms with E-state index in [1.807, 2.05) is 22.6 Å². The number of carbonyl (C=O) groups is 2. The number of benzene rings is 1. The van der Waals surface area contributed by atoms with Crippen molar-refractivity contribution in [1.82, 2.24) is 0 Å². The van der Waals surface area contributed by atoms with Gasteiger partial charge in [-0.1, -0.05) is 0 Å². The third-order valence-electron chi connectivity index (χ3n) is 5.74. The third kappa shape index (κ3) is 4.27. The summed E-state index contributed by atoms with van der Waals surface area (Å²) in [6.07, 6.45) is -1.60. The normalized spacial score (nSPS) is 28.4. The van der Waals surface area contributed by atoms with Gasteiger partial charge < -0.3 is 18.8 Å². The number of alkyl halides is 4. The van der Waals surface area contributed by atoms with E-state index in [0.29, 0.717) is 14.9 Å². The Morgan fingerprint density at radius 2 is 1.94 bits per heavy atom. The minimum atomic E-state index is -6.61. The zero-order chi connectivity index (χ0) is 25.3. The average molecular weight is 751 g/mol. The van der Waals surface area contributed by atoms with E-state index >= 15 is 0 Å². The van der Waals surface area contributed by atoms with E-state index in [0.717, 1.165) is 3.57 Å². The molecular formula is C18H13F4I2O8S2-. The predicted molar refractivity (Wildman–Crippen MR) is 124 cm³/mol. The van der Waals surface area contributed by atoms with Gasteiger partial charge in [-0.05, 0) is 63.7 Å². The van der Waals surface area contributed by atoms with Crippen LogP contribution in [-0.2, 0) is 24.4 Å². The summed E-state index contributed by atoms with van der Waals surface area (Å²) >= 11 is 5.39. The molecule has 0 N–H and O–H groups in total. The maximum Gasteiger partial charge on any atom is 0.396 e. The van der Waals surface area contributed by atoms with Gasteiger partial charge in [-0.3, -0.25) is 4.79 Å². The Labute approximate surface area is 221 Å². The van der Waals surface area contributed by atoms with Crippen LogP contribution in [-0.4, -0.2) is 59.0 Å². The number of esters is 2. The van der Waals surface area contributed by atoms with E-state index < -0.39 is 68.5 Å². The fourth-order valence-corrected chi connectivity index (χ4v) is 7.49. The molecule has 0 radical (unpaired) electrons. The molecule has 0 saturated carbocycles. The molecule has 0 aliphatic carbocycles. The van der Waals surface area contributed by atoms with Crippen molar-refractivity contribution in [3.8, 4) is 5.75 Å². The highest BCUT2D eigenvalue weighted by atomic mass is 127. The first-order valence-electron chi connectivity index (χ1n) is 9.53. The van der Waals surface area contributed by atoms with Crippen molar-refractivity contribution < 1.29 is 54.3 Å². The van der Waals surface area contributed by atoms with E-state index in [2.05, 4.69) is 22.6 Å². The van der Waals surface area contributed by atoms with Crippen LogP contribution in [0.4, 0.5) is 17.6 Å². The smallest absolute Gasteiger partial charge is 0.396 e. The largest absolute Gasteiger partial charge is 0.743 e. The van der Waals surface area contributed by atoms with Crippen molar-refractivity contribution in [3.63, 3.8) is 0 Å². The maximum absolute atomic E-state index is 13.5. The SMILES string of the molecule is O=C1OC2(CC3SC2CC3C(=O)OCCC(F)(F)C(F)(F)S(=O)(=O)[O-])Oc2ccc(I)c(I)c21. The molecule has 3 aliphatic rings. The predicted octanol–water partition coefficient (Wildman–Crippen LogP) is 3.74. The van der Waals surface area contributed by atoms with Gasteiger partial charge in [-0.15, -0.1) is 11.8 Å². The molecular weight excluding hydrogens is 738 g/mol. The van der Waals surface area contributed by atoms with Crippen LogP contribution in [0.2, 0.25) is 0 Å². The van der Waals surface area contributed by atoms with Gasteiger partial charge in [0.1, 0.15) is 11.3 Å². The Balaban J connectivity index is 1.38. The summed E-state index contributed by atoms with van der Waals surface area (Å²) in [6, 6.07) is 3.44. The van der Waals surface area contributed by atoms with Crippen LogP contribution in [0, 0.1) is 13.1 Å². The van der Waals surface area contributed by atoms with E-state index in [9.17, 15) is 40.1 Å². The third-order valence-corrected chi connectivity index (χ3v) is 11.4. The Morgan fingerprint density at radius 3 is 2.53 bits per heavy atom. The molecule has 4 unspecified atom stereocenters. The standard InChI is InChI=1S/C18H14F4I2O8S2/c19-17(20,18(21,22)34(27,28)29)3-4-30-14(25)7-5-11-16(6-10(7)33-11)31-9-2-1-8(23)13(24)12(9)15(26)32-16/h1-2,7,10-11H,3-6H2,(H,27,28,29)/p-1. The average Bonchev–Trinajstić information content (AvgIpc) is 3.27. The first-order chi connectivity index (χ1) is 15.6. The van der Waals surface area contributed by atoms with Gasteiger partial charge in [-0.2, -0.15) is 17.6 Å². The number of thioether (sulfide) groups is 1. The molecule has 8 nitrogen and oxygen atoms in total. The summed E-state index contributed by atoms with van der Waals surface area (Å²) in [4.78, 5) is 25.1. The summed E-state index contributed by atoms with van der Waals surface area (Å²) in [5, 5.41) is -6.74. The number of hydrogen-bond acceptors (Lipinski definition) is 9. The molecule has 188 valence electrons. The maximum atomic E-state index is 13.5. The van der Waals surface area contributed by atoms with Crippen molar-refractivity contribution in [2.45, 2.75) is 46.7 Å². The van der Waals surface area contributed by atoms with Crippen LogP contribution in [0.3, 0.4) is 0 Å². The molecule has 34 heavy (non-hydrogen) atoms. The van der Waals surface area contributed by atoms with Crippen molar-refractivity contribution in [3.05, 3.63) is 24.8 Å². The van der Waals surface area contributed by atoms with E-state index in [1.165, 1.54) is 11.8 Å². The Bertz CT molecular complexity index is 1160. The van der Waals surface area contributed by atoms with Gasteiger partial charge in [0.15, 0.2) is 10.1 Å². The molecule has 4 atom stereocenters. The molecule has 2 saturated heterocycles. The highest BCUT2D eigenvalue weighted by molar-refractivity contribution is 14.1. The summed E-state index contributed by atoms with van der Waals surface area (Å²) in [6.45, 7) is -1.21. The van der Waals surface area contributed by atoms with E-state index in [1.54, 1.807) is 12.1 Å². The second-order valence-corrected chi connectivity index (χ2v) is 12.9. The number of ether oxygens (including phenoxy) is 3. The zero-order valence-corrected chi connectivity index (χ0v) is 22.5. The minimum absolute atomic E-state index is 0.124. The minimum Gasteiger partial charge on any atom is -0.743 e. The summed E-state index contributed by atoms with van der Waals surface area (Å²) in [5.41, 5.74) is 0.305. The van der Waals surface area contributed by atoms with Crippen molar-refractivity contribution >= 4 is 79.0 Å². The molecule has 1 spiro atoms. The number of halogens is 6. The van der Waals surface area contributed by atoms with Gasteiger partial charge in [0.05, 0.1) is 24.2 Å². The molecule has 4 rings (SSSR count). The van der Waals surface area contributed by atoms with Crippen LogP contribution < -0.4 is 4.74 Å². The first-order valence-corrected chi connectivity index (χ1v) is 14.0. The highest BCUT2D eigenvalue weighted by Crippen LogP contribution is 2.58. The number of rotatable bonds is 6. The number of fused-ring (bicyclic) bond motifs is 4. The number of carbonyl (C=O) groups excluding carboxylic acids is 2.